The van der Waals surface area contributed by atoms with Gasteiger partial charge in [-0.15, -0.1) is 11.6 Å². The summed E-state index contributed by atoms with van der Waals surface area (Å²) in [6, 6.07) is 16.3. The zero-order valence-corrected chi connectivity index (χ0v) is 12.4. The van der Waals surface area contributed by atoms with Gasteiger partial charge >= 0.3 is 0 Å². The van der Waals surface area contributed by atoms with Gasteiger partial charge in [-0.3, -0.25) is 4.79 Å². The summed E-state index contributed by atoms with van der Waals surface area (Å²) in [5, 5.41) is 0. The maximum Gasteiger partial charge on any atom is 0.193 e. The fourth-order valence-corrected chi connectivity index (χ4v) is 1.94. The Morgan fingerprint density at radius 1 is 0.857 bits per heavy atom. The van der Waals surface area contributed by atoms with Gasteiger partial charge in [0.25, 0.3) is 0 Å². The van der Waals surface area contributed by atoms with Crippen LogP contribution in [0.25, 0.3) is 0 Å². The Balaban J connectivity index is 1.88. The predicted octanol–water partition coefficient (Wildman–Crippen LogP) is 3.55. The van der Waals surface area contributed by atoms with Crippen molar-refractivity contribution >= 4 is 17.4 Å². The van der Waals surface area contributed by atoms with Crippen LogP contribution < -0.4 is 4.74 Å². The lowest BCUT2D eigenvalue weighted by molar-refractivity contribution is 0.103. The number of halogens is 1. The van der Waals surface area contributed by atoms with E-state index in [0.717, 1.165) is 0 Å². The molecule has 110 valence electrons. The summed E-state index contributed by atoms with van der Waals surface area (Å²) in [4.78, 5) is 12.2. The lowest BCUT2D eigenvalue weighted by Gasteiger charge is -2.07. The highest BCUT2D eigenvalue weighted by molar-refractivity contribution is 6.17. The molecule has 0 aliphatic rings. The van der Waals surface area contributed by atoms with Crippen LogP contribution in [-0.4, -0.2) is 31.5 Å². The van der Waals surface area contributed by atoms with Crippen LogP contribution in [0.5, 0.6) is 5.75 Å². The molecule has 3 nitrogen and oxygen atoms in total. The van der Waals surface area contributed by atoms with Crippen LogP contribution >= 0.6 is 11.6 Å². The van der Waals surface area contributed by atoms with Gasteiger partial charge in [-0.1, -0.05) is 30.3 Å². The van der Waals surface area contributed by atoms with Crippen molar-refractivity contribution in [3.63, 3.8) is 0 Å². The molecule has 4 heteroatoms. The van der Waals surface area contributed by atoms with Crippen LogP contribution in [0.3, 0.4) is 0 Å². The molecular weight excluding hydrogens is 288 g/mol. The van der Waals surface area contributed by atoms with Crippen LogP contribution in [-0.2, 0) is 4.74 Å². The highest BCUT2D eigenvalue weighted by Gasteiger charge is 2.08. The molecule has 0 atom stereocenters. The third-order valence-corrected chi connectivity index (χ3v) is 3.02. The molecule has 0 spiro atoms. The number of rotatable bonds is 8. The van der Waals surface area contributed by atoms with Crippen molar-refractivity contribution in [2.45, 2.75) is 0 Å². The van der Waals surface area contributed by atoms with E-state index in [2.05, 4.69) is 0 Å². The molecule has 2 aromatic carbocycles. The molecule has 21 heavy (non-hydrogen) atoms. The van der Waals surface area contributed by atoms with E-state index < -0.39 is 0 Å². The van der Waals surface area contributed by atoms with E-state index in [1.807, 2.05) is 18.2 Å². The van der Waals surface area contributed by atoms with Crippen molar-refractivity contribution in [1.82, 2.24) is 0 Å². The fourth-order valence-electron chi connectivity index (χ4n) is 1.83. The molecule has 0 radical (unpaired) electrons. The molecular formula is C17H17ClO3. The predicted molar refractivity (Wildman–Crippen MR) is 83.4 cm³/mol. The van der Waals surface area contributed by atoms with E-state index in [0.29, 0.717) is 42.6 Å². The lowest BCUT2D eigenvalue weighted by atomic mass is 10.0. The van der Waals surface area contributed by atoms with Gasteiger partial charge in [-0.2, -0.15) is 0 Å². The van der Waals surface area contributed by atoms with Gasteiger partial charge in [0.1, 0.15) is 12.4 Å². The second-order valence-electron chi connectivity index (χ2n) is 4.37. The second-order valence-corrected chi connectivity index (χ2v) is 4.75. The third kappa shape index (κ3) is 4.88. The molecule has 0 aliphatic carbocycles. The Morgan fingerprint density at radius 3 is 2.19 bits per heavy atom. The number of carbonyl (C=O) groups excluding carboxylic acids is 1. The van der Waals surface area contributed by atoms with Crippen molar-refractivity contribution in [3.8, 4) is 5.75 Å². The normalized spacial score (nSPS) is 10.3. The van der Waals surface area contributed by atoms with E-state index in [4.69, 9.17) is 21.1 Å². The Morgan fingerprint density at radius 2 is 1.52 bits per heavy atom. The minimum atomic E-state index is 0.00703. The summed E-state index contributed by atoms with van der Waals surface area (Å²) in [6.45, 7) is 1.48. The second kappa shape index (κ2) is 8.45. The Bertz CT molecular complexity index is 552. The summed E-state index contributed by atoms with van der Waals surface area (Å²) in [6.07, 6.45) is 0. The van der Waals surface area contributed by atoms with Gasteiger partial charge in [-0.25, -0.2) is 0 Å². The molecule has 0 amide bonds. The smallest absolute Gasteiger partial charge is 0.193 e. The molecule has 2 rings (SSSR count). The maximum atomic E-state index is 12.2. The topological polar surface area (TPSA) is 35.5 Å². The van der Waals surface area contributed by atoms with Crippen LogP contribution in [0.4, 0.5) is 0 Å². The van der Waals surface area contributed by atoms with Gasteiger partial charge < -0.3 is 9.47 Å². The molecule has 0 saturated heterocycles. The van der Waals surface area contributed by atoms with Crippen molar-refractivity contribution in [3.05, 3.63) is 65.7 Å². The zero-order chi connectivity index (χ0) is 14.9. The fraction of sp³-hybridized carbons (Fsp3) is 0.235. The standard InChI is InChI=1S/C17H17ClO3/c18-10-11-20-12-13-21-16-8-6-15(7-9-16)17(19)14-4-2-1-3-5-14/h1-9H,10-13H2. The van der Waals surface area contributed by atoms with Gasteiger partial charge in [0, 0.05) is 17.0 Å². The van der Waals surface area contributed by atoms with E-state index in [1.54, 1.807) is 36.4 Å². The lowest BCUT2D eigenvalue weighted by Crippen LogP contribution is -2.08. The maximum absolute atomic E-state index is 12.2. The van der Waals surface area contributed by atoms with Crippen LogP contribution in [0.15, 0.2) is 54.6 Å². The number of carbonyl (C=O) groups is 1. The Hall–Kier alpha value is -1.84. The average Bonchev–Trinajstić information content (AvgIpc) is 2.55. The average molecular weight is 305 g/mol. The number of hydrogen-bond acceptors (Lipinski definition) is 3. The highest BCUT2D eigenvalue weighted by atomic mass is 35.5. The van der Waals surface area contributed by atoms with E-state index in [1.165, 1.54) is 0 Å². The first-order valence-corrected chi connectivity index (χ1v) is 7.31. The number of ketones is 1. The molecule has 0 heterocycles. The first kappa shape index (κ1) is 15.5. The third-order valence-electron chi connectivity index (χ3n) is 2.87. The summed E-state index contributed by atoms with van der Waals surface area (Å²) in [5.41, 5.74) is 1.33. The Labute approximate surface area is 129 Å². The molecule has 0 unspecified atom stereocenters. The minimum absolute atomic E-state index is 0.00703. The van der Waals surface area contributed by atoms with E-state index >= 15 is 0 Å². The first-order chi connectivity index (χ1) is 10.3. The molecule has 0 saturated carbocycles. The van der Waals surface area contributed by atoms with Gasteiger partial charge in [0.05, 0.1) is 13.2 Å². The van der Waals surface area contributed by atoms with Crippen molar-refractivity contribution < 1.29 is 14.3 Å². The van der Waals surface area contributed by atoms with Gasteiger partial charge in [-0.05, 0) is 24.3 Å². The number of alkyl halides is 1. The largest absolute Gasteiger partial charge is 0.491 e. The summed E-state index contributed by atoms with van der Waals surface area (Å²) in [7, 11) is 0. The molecule has 0 aromatic heterocycles. The van der Waals surface area contributed by atoms with Crippen molar-refractivity contribution in [2.24, 2.45) is 0 Å². The van der Waals surface area contributed by atoms with Gasteiger partial charge in [0.15, 0.2) is 5.78 Å². The van der Waals surface area contributed by atoms with Crippen molar-refractivity contribution in [2.75, 3.05) is 25.7 Å². The number of ether oxygens (including phenoxy) is 2. The Kier molecular flexibility index (Phi) is 6.25. The van der Waals surface area contributed by atoms with E-state index in [-0.39, 0.29) is 5.78 Å². The van der Waals surface area contributed by atoms with Gasteiger partial charge in [0.2, 0.25) is 0 Å². The zero-order valence-electron chi connectivity index (χ0n) is 11.6. The molecule has 0 aliphatic heterocycles. The SMILES string of the molecule is O=C(c1ccccc1)c1ccc(OCCOCCCl)cc1. The van der Waals surface area contributed by atoms with Crippen molar-refractivity contribution in [1.29, 1.82) is 0 Å². The molecule has 0 N–H and O–H groups in total. The monoisotopic (exact) mass is 304 g/mol. The summed E-state index contributed by atoms with van der Waals surface area (Å²) < 4.78 is 10.7. The van der Waals surface area contributed by atoms with E-state index in [9.17, 15) is 4.79 Å². The number of hydrogen-bond donors (Lipinski definition) is 0. The summed E-state index contributed by atoms with van der Waals surface area (Å²) in [5.74, 6) is 1.21. The van der Waals surface area contributed by atoms with Crippen LogP contribution in [0.2, 0.25) is 0 Å². The molecule has 0 fully saturated rings. The highest BCUT2D eigenvalue weighted by Crippen LogP contribution is 2.15. The first-order valence-electron chi connectivity index (χ1n) is 6.77. The quantitative estimate of drug-likeness (QED) is 0.425. The number of benzene rings is 2. The van der Waals surface area contributed by atoms with Crippen LogP contribution in [0.1, 0.15) is 15.9 Å². The van der Waals surface area contributed by atoms with Crippen LogP contribution in [0, 0.1) is 0 Å². The minimum Gasteiger partial charge on any atom is -0.491 e. The molecule has 2 aromatic rings. The summed E-state index contributed by atoms with van der Waals surface area (Å²) >= 11 is 5.50. The molecule has 0 bridgehead atoms.